The molecular formula is C10H19NO3S. The molecule has 0 aromatic heterocycles. The molecule has 0 N–H and O–H groups in total. The number of hydrogen-bond donors (Lipinski definition) is 1. The van der Waals surface area contributed by atoms with Crippen molar-refractivity contribution in [2.75, 3.05) is 25.5 Å². The normalized spacial score (nSPS) is 22.7. The van der Waals surface area contributed by atoms with Crippen LogP contribution in [-0.2, 0) is 9.47 Å². The Morgan fingerprint density at radius 2 is 2.27 bits per heavy atom. The Balaban J connectivity index is 2.56. The minimum absolute atomic E-state index is 0.0249. The van der Waals surface area contributed by atoms with Crippen LogP contribution in [0.5, 0.6) is 0 Å². The van der Waals surface area contributed by atoms with Crippen LogP contribution in [0.4, 0.5) is 4.79 Å². The van der Waals surface area contributed by atoms with E-state index in [2.05, 4.69) is 12.6 Å². The third-order valence-corrected chi connectivity index (χ3v) is 2.49. The smallest absolute Gasteiger partial charge is 0.410 e. The molecule has 15 heavy (non-hydrogen) atoms. The van der Waals surface area contributed by atoms with E-state index in [0.717, 1.165) is 0 Å². The molecule has 0 aromatic rings. The summed E-state index contributed by atoms with van der Waals surface area (Å²) >= 11 is 4.20. The molecule has 88 valence electrons. The molecule has 1 unspecified atom stereocenters. The zero-order valence-electron chi connectivity index (χ0n) is 9.52. The van der Waals surface area contributed by atoms with Crippen molar-refractivity contribution in [1.82, 2.24) is 4.90 Å². The second kappa shape index (κ2) is 5.07. The van der Waals surface area contributed by atoms with Crippen LogP contribution in [0.2, 0.25) is 0 Å². The van der Waals surface area contributed by atoms with Gasteiger partial charge in [0.1, 0.15) is 5.60 Å². The lowest BCUT2D eigenvalue weighted by molar-refractivity contribution is -0.0267. The van der Waals surface area contributed by atoms with Crippen molar-refractivity contribution in [3.8, 4) is 0 Å². The average Bonchev–Trinajstić information content (AvgIpc) is 2.15. The fourth-order valence-corrected chi connectivity index (χ4v) is 1.67. The summed E-state index contributed by atoms with van der Waals surface area (Å²) in [5, 5.41) is 0. The van der Waals surface area contributed by atoms with Crippen molar-refractivity contribution < 1.29 is 14.3 Å². The Morgan fingerprint density at radius 3 is 2.80 bits per heavy atom. The van der Waals surface area contributed by atoms with E-state index in [1.165, 1.54) is 0 Å². The molecule has 0 saturated carbocycles. The maximum atomic E-state index is 11.8. The molecule has 4 nitrogen and oxygen atoms in total. The fraction of sp³-hybridized carbons (Fsp3) is 0.900. The quantitative estimate of drug-likeness (QED) is 0.698. The van der Waals surface area contributed by atoms with E-state index in [0.29, 0.717) is 25.5 Å². The Labute approximate surface area is 96.3 Å². The molecule has 0 spiro atoms. The van der Waals surface area contributed by atoms with Crippen molar-refractivity contribution >= 4 is 18.7 Å². The third kappa shape index (κ3) is 3.91. The zero-order valence-corrected chi connectivity index (χ0v) is 10.4. The number of rotatable bonds is 1. The van der Waals surface area contributed by atoms with Crippen LogP contribution >= 0.6 is 12.6 Å². The zero-order chi connectivity index (χ0) is 11.5. The van der Waals surface area contributed by atoms with E-state index in [4.69, 9.17) is 9.47 Å². The van der Waals surface area contributed by atoms with Crippen molar-refractivity contribution in [2.45, 2.75) is 32.4 Å². The second-order valence-electron chi connectivity index (χ2n) is 4.59. The highest BCUT2D eigenvalue weighted by Crippen LogP contribution is 2.15. The van der Waals surface area contributed by atoms with Crippen LogP contribution in [0.15, 0.2) is 0 Å². The van der Waals surface area contributed by atoms with Crippen LogP contribution < -0.4 is 0 Å². The molecule has 1 aliphatic heterocycles. The number of carbonyl (C=O) groups is 1. The summed E-state index contributed by atoms with van der Waals surface area (Å²) in [6.45, 7) is 7.29. The van der Waals surface area contributed by atoms with Crippen LogP contribution in [0.1, 0.15) is 20.8 Å². The summed E-state index contributed by atoms with van der Waals surface area (Å²) in [4.78, 5) is 13.5. The number of hydrogen-bond acceptors (Lipinski definition) is 4. The molecule has 0 aromatic carbocycles. The molecule has 1 amide bonds. The highest BCUT2D eigenvalue weighted by molar-refractivity contribution is 7.80. The summed E-state index contributed by atoms with van der Waals surface area (Å²) in [6.07, 6.45) is -0.273. The maximum Gasteiger partial charge on any atom is 0.410 e. The summed E-state index contributed by atoms with van der Waals surface area (Å²) in [5.41, 5.74) is -0.448. The molecule has 0 radical (unpaired) electrons. The lowest BCUT2D eigenvalue weighted by Gasteiger charge is -2.35. The minimum atomic E-state index is -0.448. The van der Waals surface area contributed by atoms with E-state index < -0.39 is 5.60 Å². The van der Waals surface area contributed by atoms with Gasteiger partial charge < -0.3 is 9.47 Å². The lowest BCUT2D eigenvalue weighted by atomic mass is 10.2. The van der Waals surface area contributed by atoms with Gasteiger partial charge in [-0.1, -0.05) is 0 Å². The topological polar surface area (TPSA) is 38.8 Å². The van der Waals surface area contributed by atoms with E-state index in [-0.39, 0.29) is 12.1 Å². The lowest BCUT2D eigenvalue weighted by Crippen LogP contribution is -2.51. The molecule has 1 saturated heterocycles. The Bertz CT molecular complexity index is 227. The van der Waals surface area contributed by atoms with E-state index in [1.54, 1.807) is 4.90 Å². The Morgan fingerprint density at radius 1 is 1.60 bits per heavy atom. The number of carbonyl (C=O) groups excluding carboxylic acids is 1. The van der Waals surface area contributed by atoms with Gasteiger partial charge in [-0.25, -0.2) is 4.79 Å². The molecular weight excluding hydrogens is 214 g/mol. The highest BCUT2D eigenvalue weighted by Gasteiger charge is 2.29. The van der Waals surface area contributed by atoms with Gasteiger partial charge in [-0.15, -0.1) is 0 Å². The molecule has 5 heteroatoms. The summed E-state index contributed by atoms with van der Waals surface area (Å²) in [6, 6.07) is 0.0249. The van der Waals surface area contributed by atoms with Crippen LogP contribution in [0.3, 0.4) is 0 Å². The SMILES string of the molecule is CC(C)(C)OC(=O)N1CCOCC1CS. The van der Waals surface area contributed by atoms with Crippen molar-refractivity contribution in [1.29, 1.82) is 0 Å². The first-order valence-corrected chi connectivity index (χ1v) is 5.75. The van der Waals surface area contributed by atoms with Gasteiger partial charge in [0, 0.05) is 12.3 Å². The van der Waals surface area contributed by atoms with Gasteiger partial charge in [0.05, 0.1) is 19.3 Å². The van der Waals surface area contributed by atoms with Crippen LogP contribution in [-0.4, -0.2) is 48.1 Å². The summed E-state index contributed by atoms with van der Waals surface area (Å²) in [7, 11) is 0. The largest absolute Gasteiger partial charge is 0.444 e. The number of thiol groups is 1. The van der Waals surface area contributed by atoms with Gasteiger partial charge in [-0.3, -0.25) is 4.90 Å². The second-order valence-corrected chi connectivity index (χ2v) is 4.95. The van der Waals surface area contributed by atoms with Crippen LogP contribution in [0.25, 0.3) is 0 Å². The predicted octanol–water partition coefficient (Wildman–Crippen LogP) is 1.55. The fourth-order valence-electron chi connectivity index (χ4n) is 1.37. The molecule has 1 heterocycles. The van der Waals surface area contributed by atoms with Crippen molar-refractivity contribution in [3.05, 3.63) is 0 Å². The number of morpholine rings is 1. The number of ether oxygens (including phenoxy) is 2. The van der Waals surface area contributed by atoms with E-state index in [9.17, 15) is 4.79 Å². The summed E-state index contributed by atoms with van der Waals surface area (Å²) < 4.78 is 10.6. The first-order valence-electron chi connectivity index (χ1n) is 5.12. The van der Waals surface area contributed by atoms with Crippen molar-refractivity contribution in [3.63, 3.8) is 0 Å². The average molecular weight is 233 g/mol. The maximum absolute atomic E-state index is 11.8. The van der Waals surface area contributed by atoms with Crippen LogP contribution in [0, 0.1) is 0 Å². The predicted molar refractivity (Wildman–Crippen MR) is 61.4 cm³/mol. The van der Waals surface area contributed by atoms with Gasteiger partial charge in [0.25, 0.3) is 0 Å². The third-order valence-electron chi connectivity index (χ3n) is 2.07. The first-order chi connectivity index (χ1) is 6.94. The van der Waals surface area contributed by atoms with E-state index in [1.807, 2.05) is 20.8 Å². The number of amides is 1. The Hall–Kier alpha value is -0.420. The molecule has 1 fully saturated rings. The first kappa shape index (κ1) is 12.6. The van der Waals surface area contributed by atoms with Gasteiger partial charge in [0.15, 0.2) is 0 Å². The molecule has 0 bridgehead atoms. The summed E-state index contributed by atoms with van der Waals surface area (Å²) in [5.74, 6) is 0.596. The Kier molecular flexibility index (Phi) is 4.28. The monoisotopic (exact) mass is 233 g/mol. The van der Waals surface area contributed by atoms with Gasteiger partial charge in [-0.05, 0) is 20.8 Å². The highest BCUT2D eigenvalue weighted by atomic mass is 32.1. The van der Waals surface area contributed by atoms with Gasteiger partial charge in [-0.2, -0.15) is 12.6 Å². The standard InChI is InChI=1S/C10H19NO3S/c1-10(2,3)14-9(12)11-4-5-13-6-8(11)7-15/h8,15H,4-7H2,1-3H3. The molecule has 1 rings (SSSR count). The molecule has 1 atom stereocenters. The van der Waals surface area contributed by atoms with Crippen molar-refractivity contribution in [2.24, 2.45) is 0 Å². The number of nitrogens with zero attached hydrogens (tertiary/aromatic N) is 1. The minimum Gasteiger partial charge on any atom is -0.444 e. The molecule has 0 aliphatic carbocycles. The van der Waals surface area contributed by atoms with E-state index >= 15 is 0 Å². The van der Waals surface area contributed by atoms with Gasteiger partial charge in [0.2, 0.25) is 0 Å². The van der Waals surface area contributed by atoms with Gasteiger partial charge >= 0.3 is 6.09 Å². The molecule has 1 aliphatic rings.